The molecule has 2 aromatic carbocycles. The molecule has 0 unspecified atom stereocenters. The summed E-state index contributed by atoms with van der Waals surface area (Å²) in [7, 11) is 0. The molecule has 1 atom stereocenters. The Balaban J connectivity index is 1.57. The fourth-order valence-corrected chi connectivity index (χ4v) is 2.99. The minimum Gasteiger partial charge on any atom is -0.508 e. The summed E-state index contributed by atoms with van der Waals surface area (Å²) in [4.78, 5) is 26.2. The number of aromatic hydroxyl groups is 1. The van der Waals surface area contributed by atoms with Crippen molar-refractivity contribution in [3.8, 4) is 5.75 Å². The maximum absolute atomic E-state index is 12.4. The van der Waals surface area contributed by atoms with Gasteiger partial charge in [0.2, 0.25) is 11.8 Å². The molecule has 0 radical (unpaired) electrons. The molecule has 0 bridgehead atoms. The summed E-state index contributed by atoms with van der Waals surface area (Å²) in [6, 6.07) is 14.6. The van der Waals surface area contributed by atoms with E-state index in [0.717, 1.165) is 12.0 Å². The first kappa shape index (κ1) is 17.0. The van der Waals surface area contributed by atoms with Crippen molar-refractivity contribution in [2.24, 2.45) is 5.92 Å². The summed E-state index contributed by atoms with van der Waals surface area (Å²) in [5.74, 6) is -0.373. The van der Waals surface area contributed by atoms with E-state index in [-0.39, 0.29) is 29.9 Å². The lowest BCUT2D eigenvalue weighted by Crippen LogP contribution is -2.32. The second-order valence-corrected chi connectivity index (χ2v) is 6.31. The number of nitrogens with zero attached hydrogens (tertiary/aromatic N) is 1. The number of nitrogens with one attached hydrogen (secondary N) is 1. The van der Waals surface area contributed by atoms with Gasteiger partial charge in [-0.3, -0.25) is 9.59 Å². The highest BCUT2D eigenvalue weighted by Gasteiger charge is 2.34. The van der Waals surface area contributed by atoms with Gasteiger partial charge in [-0.15, -0.1) is 0 Å². The normalized spacial score (nSPS) is 16.9. The monoisotopic (exact) mass is 338 g/mol. The van der Waals surface area contributed by atoms with Gasteiger partial charge in [0.1, 0.15) is 5.75 Å². The third-order valence-corrected chi connectivity index (χ3v) is 4.56. The van der Waals surface area contributed by atoms with Crippen molar-refractivity contribution in [1.29, 1.82) is 0 Å². The van der Waals surface area contributed by atoms with Gasteiger partial charge in [-0.25, -0.2) is 0 Å². The first-order valence-electron chi connectivity index (χ1n) is 8.51. The van der Waals surface area contributed by atoms with Crippen molar-refractivity contribution in [3.63, 3.8) is 0 Å². The molecule has 0 saturated carbocycles. The van der Waals surface area contributed by atoms with Crippen molar-refractivity contribution in [1.82, 2.24) is 5.32 Å². The van der Waals surface area contributed by atoms with E-state index in [9.17, 15) is 14.7 Å². The number of phenolic OH excluding ortho intramolecular Hbond substituents is 1. The third kappa shape index (κ3) is 3.99. The fourth-order valence-electron chi connectivity index (χ4n) is 2.99. The highest BCUT2D eigenvalue weighted by Crippen LogP contribution is 2.26. The molecule has 1 saturated heterocycles. The molecular weight excluding hydrogens is 316 g/mol. The lowest BCUT2D eigenvalue weighted by atomic mass is 10.1. The third-order valence-electron chi connectivity index (χ3n) is 4.56. The number of aryl methyl sites for hydroxylation is 1. The van der Waals surface area contributed by atoms with Crippen LogP contribution in [-0.4, -0.2) is 23.5 Å². The average molecular weight is 338 g/mol. The number of rotatable bonds is 5. The largest absolute Gasteiger partial charge is 0.508 e. The van der Waals surface area contributed by atoms with E-state index in [1.807, 2.05) is 12.1 Å². The number of hydrogen-bond acceptors (Lipinski definition) is 3. The van der Waals surface area contributed by atoms with Crippen LogP contribution in [0.4, 0.5) is 5.69 Å². The quantitative estimate of drug-likeness (QED) is 0.880. The van der Waals surface area contributed by atoms with E-state index < -0.39 is 0 Å². The average Bonchev–Trinajstić information content (AvgIpc) is 3.02. The molecule has 2 N–H and O–H groups in total. The topological polar surface area (TPSA) is 69.6 Å². The van der Waals surface area contributed by atoms with Crippen molar-refractivity contribution < 1.29 is 14.7 Å². The summed E-state index contributed by atoms with van der Waals surface area (Å²) >= 11 is 0. The fraction of sp³-hybridized carbons (Fsp3) is 0.300. The van der Waals surface area contributed by atoms with Crippen molar-refractivity contribution >= 4 is 17.5 Å². The second kappa shape index (κ2) is 7.38. The lowest BCUT2D eigenvalue weighted by molar-refractivity contribution is -0.126. The molecule has 1 fully saturated rings. The molecule has 5 heteroatoms. The summed E-state index contributed by atoms with van der Waals surface area (Å²) in [5, 5.41) is 12.3. The van der Waals surface area contributed by atoms with Crippen LogP contribution in [0.1, 0.15) is 24.5 Å². The molecule has 2 amide bonds. The Kier molecular flexibility index (Phi) is 5.03. The van der Waals surface area contributed by atoms with Crippen molar-refractivity contribution in [2.45, 2.75) is 26.3 Å². The molecule has 5 nitrogen and oxygen atoms in total. The summed E-state index contributed by atoms with van der Waals surface area (Å²) in [6.45, 7) is 2.94. The van der Waals surface area contributed by atoms with Crippen LogP contribution in [0.3, 0.4) is 0 Å². The molecule has 130 valence electrons. The molecule has 1 aliphatic rings. The highest BCUT2D eigenvalue weighted by atomic mass is 16.3. The van der Waals surface area contributed by atoms with Crippen LogP contribution in [0.2, 0.25) is 0 Å². The smallest absolute Gasteiger partial charge is 0.227 e. The summed E-state index contributed by atoms with van der Waals surface area (Å²) in [6.07, 6.45) is 1.20. The predicted molar refractivity (Wildman–Crippen MR) is 96.2 cm³/mol. The van der Waals surface area contributed by atoms with E-state index >= 15 is 0 Å². The van der Waals surface area contributed by atoms with Crippen LogP contribution in [0.5, 0.6) is 5.75 Å². The Bertz CT molecular complexity index is 754. The van der Waals surface area contributed by atoms with Crippen molar-refractivity contribution in [2.75, 3.05) is 11.4 Å². The second-order valence-electron chi connectivity index (χ2n) is 6.31. The van der Waals surface area contributed by atoms with Gasteiger partial charge < -0.3 is 15.3 Å². The zero-order valence-electron chi connectivity index (χ0n) is 14.2. The highest BCUT2D eigenvalue weighted by molar-refractivity contribution is 6.00. The van der Waals surface area contributed by atoms with E-state index in [1.54, 1.807) is 17.0 Å². The van der Waals surface area contributed by atoms with E-state index in [1.165, 1.54) is 17.7 Å². The standard InChI is InChI=1S/C20H22N2O3/c1-2-14-3-5-15(6-4-14)12-21-20(25)16-11-19(24)22(13-16)17-7-9-18(23)10-8-17/h3-10,16,23H,2,11-13H2,1H3,(H,21,25)/t16-/m1/s1. The molecule has 25 heavy (non-hydrogen) atoms. The summed E-state index contributed by atoms with van der Waals surface area (Å²) < 4.78 is 0. The minimum absolute atomic E-state index is 0.0712. The van der Waals surface area contributed by atoms with Gasteiger partial charge in [-0.05, 0) is 41.8 Å². The van der Waals surface area contributed by atoms with Crippen LogP contribution in [0.15, 0.2) is 48.5 Å². The summed E-state index contributed by atoms with van der Waals surface area (Å²) in [5.41, 5.74) is 3.01. The number of benzene rings is 2. The molecule has 0 aromatic heterocycles. The van der Waals surface area contributed by atoms with Gasteiger partial charge in [-0.2, -0.15) is 0 Å². The maximum atomic E-state index is 12.4. The van der Waals surface area contributed by atoms with Crippen LogP contribution >= 0.6 is 0 Å². The molecule has 1 heterocycles. The van der Waals surface area contributed by atoms with E-state index in [4.69, 9.17) is 0 Å². The SMILES string of the molecule is CCc1ccc(CNC(=O)[C@@H]2CC(=O)N(c3ccc(O)cc3)C2)cc1. The Morgan fingerprint density at radius 2 is 1.76 bits per heavy atom. The van der Waals surface area contributed by atoms with Crippen molar-refractivity contribution in [3.05, 3.63) is 59.7 Å². The van der Waals surface area contributed by atoms with Gasteiger partial charge in [0, 0.05) is 25.2 Å². The Hall–Kier alpha value is -2.82. The van der Waals surface area contributed by atoms with Gasteiger partial charge >= 0.3 is 0 Å². The minimum atomic E-state index is -0.351. The van der Waals surface area contributed by atoms with Gasteiger partial charge in [0.25, 0.3) is 0 Å². The van der Waals surface area contributed by atoms with Crippen LogP contribution in [0, 0.1) is 5.92 Å². The van der Waals surface area contributed by atoms with Gasteiger partial charge in [0.05, 0.1) is 5.92 Å². The molecule has 1 aliphatic heterocycles. The number of amides is 2. The molecular formula is C20H22N2O3. The Morgan fingerprint density at radius 3 is 2.40 bits per heavy atom. The van der Waals surface area contributed by atoms with Gasteiger partial charge in [-0.1, -0.05) is 31.2 Å². The van der Waals surface area contributed by atoms with Crippen LogP contribution in [0.25, 0.3) is 0 Å². The Labute approximate surface area is 147 Å². The predicted octanol–water partition coefficient (Wildman–Crippen LogP) is 2.62. The number of anilines is 1. The number of phenols is 1. The zero-order valence-corrected chi connectivity index (χ0v) is 14.2. The number of carbonyl (C=O) groups is 2. The molecule has 0 aliphatic carbocycles. The molecule has 3 rings (SSSR count). The van der Waals surface area contributed by atoms with Gasteiger partial charge in [0.15, 0.2) is 0 Å². The van der Waals surface area contributed by atoms with Crippen LogP contribution < -0.4 is 10.2 Å². The number of hydrogen-bond donors (Lipinski definition) is 2. The van der Waals surface area contributed by atoms with E-state index in [0.29, 0.717) is 18.8 Å². The molecule has 0 spiro atoms. The maximum Gasteiger partial charge on any atom is 0.227 e. The molecule has 2 aromatic rings. The Morgan fingerprint density at radius 1 is 1.12 bits per heavy atom. The number of carbonyl (C=O) groups excluding carboxylic acids is 2. The first-order chi connectivity index (χ1) is 12.1. The first-order valence-corrected chi connectivity index (χ1v) is 8.51. The zero-order chi connectivity index (χ0) is 17.8. The van der Waals surface area contributed by atoms with Crippen LogP contribution in [-0.2, 0) is 22.6 Å². The lowest BCUT2D eigenvalue weighted by Gasteiger charge is -2.16. The van der Waals surface area contributed by atoms with E-state index in [2.05, 4.69) is 24.4 Å².